The Hall–Kier alpha value is -2.91. The molecule has 0 bridgehead atoms. The molecule has 1 aromatic rings. The van der Waals surface area contributed by atoms with Crippen molar-refractivity contribution in [3.05, 3.63) is 42.5 Å². The van der Waals surface area contributed by atoms with Gasteiger partial charge in [0.05, 0.1) is 13.2 Å². The Kier molecular flexibility index (Phi) is 7.35. The quantitative estimate of drug-likeness (QED) is 0.408. The van der Waals surface area contributed by atoms with Crippen molar-refractivity contribution >= 4 is 36.2 Å². The summed E-state index contributed by atoms with van der Waals surface area (Å²) in [5, 5.41) is 3.24. The molecule has 0 spiro atoms. The number of imide groups is 2. The number of rotatable bonds is 6. The van der Waals surface area contributed by atoms with Crippen molar-refractivity contribution in [1.82, 2.24) is 20.0 Å². The molecular weight excluding hydrogens is 400 g/mol. The van der Waals surface area contributed by atoms with Crippen molar-refractivity contribution in [2.45, 2.75) is 6.04 Å². The smallest absolute Gasteiger partial charge is 0.335 e. The number of hydrogen-bond donors (Lipinski definition) is 1. The normalized spacial score (nSPS) is 19.3. The van der Waals surface area contributed by atoms with Gasteiger partial charge in [-0.2, -0.15) is 0 Å². The molecule has 0 saturated carbocycles. The molecule has 156 valence electrons. The van der Waals surface area contributed by atoms with Crippen LogP contribution in [0.15, 0.2) is 36.9 Å². The van der Waals surface area contributed by atoms with Crippen molar-refractivity contribution in [3.63, 3.8) is 0 Å². The topological polar surface area (TPSA) is 99.3 Å². The molecule has 0 radical (unpaired) electrons. The third-order valence-electron chi connectivity index (χ3n) is 4.80. The van der Waals surface area contributed by atoms with Gasteiger partial charge in [0.25, 0.3) is 0 Å². The van der Waals surface area contributed by atoms with Crippen molar-refractivity contribution < 1.29 is 23.9 Å². The number of amides is 5. The van der Waals surface area contributed by atoms with E-state index in [4.69, 9.17) is 4.74 Å². The number of urea groups is 1. The first-order chi connectivity index (χ1) is 13.5. The van der Waals surface area contributed by atoms with Crippen LogP contribution in [0.4, 0.5) is 4.79 Å². The van der Waals surface area contributed by atoms with Crippen molar-refractivity contribution in [3.8, 4) is 5.75 Å². The molecule has 5 amide bonds. The Bertz CT molecular complexity index is 831. The summed E-state index contributed by atoms with van der Waals surface area (Å²) in [6.07, 6.45) is 1.35. The van der Waals surface area contributed by atoms with Crippen molar-refractivity contribution in [2.75, 3.05) is 39.8 Å². The first-order valence-electron chi connectivity index (χ1n) is 8.91. The summed E-state index contributed by atoms with van der Waals surface area (Å²) in [6.45, 7) is 4.40. The summed E-state index contributed by atoms with van der Waals surface area (Å²) in [4.78, 5) is 52.5. The van der Waals surface area contributed by atoms with Gasteiger partial charge in [0, 0.05) is 31.7 Å². The molecule has 2 saturated heterocycles. The summed E-state index contributed by atoms with van der Waals surface area (Å²) >= 11 is 0. The van der Waals surface area contributed by atoms with Crippen LogP contribution in [0.5, 0.6) is 5.75 Å². The SMILES string of the molecule is C=CCN1C(=O)C(=O)N(CC(=O)N2CCNCC2c2ccccc2OC)C1=O.Cl. The molecule has 2 aliphatic heterocycles. The summed E-state index contributed by atoms with van der Waals surface area (Å²) in [5.74, 6) is -1.70. The lowest BCUT2D eigenvalue weighted by molar-refractivity contribution is -0.145. The Morgan fingerprint density at radius 1 is 1.24 bits per heavy atom. The highest BCUT2D eigenvalue weighted by Crippen LogP contribution is 2.30. The lowest BCUT2D eigenvalue weighted by Gasteiger charge is -2.37. The van der Waals surface area contributed by atoms with Gasteiger partial charge in [0.1, 0.15) is 12.3 Å². The van der Waals surface area contributed by atoms with Crippen molar-refractivity contribution in [2.24, 2.45) is 0 Å². The summed E-state index contributed by atoms with van der Waals surface area (Å²) in [6, 6.07) is 6.27. The minimum absolute atomic E-state index is 0. The van der Waals surface area contributed by atoms with Crippen LogP contribution in [0.3, 0.4) is 0 Å². The van der Waals surface area contributed by atoms with E-state index in [0.29, 0.717) is 30.3 Å². The summed E-state index contributed by atoms with van der Waals surface area (Å²) in [7, 11) is 1.56. The van der Waals surface area contributed by atoms with Gasteiger partial charge in [0.2, 0.25) is 5.91 Å². The van der Waals surface area contributed by atoms with Crippen LogP contribution >= 0.6 is 12.4 Å². The van der Waals surface area contributed by atoms with Gasteiger partial charge in [-0.25, -0.2) is 9.69 Å². The number of methoxy groups -OCH3 is 1. The van der Waals surface area contributed by atoms with Crippen LogP contribution in [-0.4, -0.2) is 78.3 Å². The number of ether oxygens (including phenoxy) is 1. The van der Waals surface area contributed by atoms with Crippen LogP contribution in [-0.2, 0) is 14.4 Å². The molecule has 10 heteroatoms. The molecule has 9 nitrogen and oxygen atoms in total. The zero-order valence-electron chi connectivity index (χ0n) is 16.0. The molecular formula is C19H23ClN4O5. The molecule has 1 atom stereocenters. The Labute approximate surface area is 174 Å². The molecule has 2 heterocycles. The van der Waals surface area contributed by atoms with Crippen LogP contribution in [0.25, 0.3) is 0 Å². The number of piperazine rings is 1. The zero-order valence-corrected chi connectivity index (χ0v) is 16.8. The predicted octanol–water partition coefficient (Wildman–Crippen LogP) is 0.567. The minimum Gasteiger partial charge on any atom is -0.496 e. The van der Waals surface area contributed by atoms with E-state index in [1.165, 1.54) is 6.08 Å². The van der Waals surface area contributed by atoms with Gasteiger partial charge < -0.3 is 15.0 Å². The van der Waals surface area contributed by atoms with E-state index in [2.05, 4.69) is 11.9 Å². The van der Waals surface area contributed by atoms with E-state index in [1.54, 1.807) is 12.0 Å². The van der Waals surface area contributed by atoms with Gasteiger partial charge in [0.15, 0.2) is 0 Å². The van der Waals surface area contributed by atoms with E-state index in [9.17, 15) is 19.2 Å². The second kappa shape index (κ2) is 9.53. The second-order valence-corrected chi connectivity index (χ2v) is 6.43. The monoisotopic (exact) mass is 422 g/mol. The van der Waals surface area contributed by atoms with Gasteiger partial charge in [-0.3, -0.25) is 19.3 Å². The fourth-order valence-corrected chi connectivity index (χ4v) is 3.43. The molecule has 2 aliphatic rings. The fourth-order valence-electron chi connectivity index (χ4n) is 3.43. The van der Waals surface area contributed by atoms with E-state index in [1.807, 2.05) is 24.3 Å². The molecule has 2 fully saturated rings. The number of carbonyl (C=O) groups is 4. The third kappa shape index (κ3) is 4.25. The van der Waals surface area contributed by atoms with Gasteiger partial charge in [-0.15, -0.1) is 19.0 Å². The van der Waals surface area contributed by atoms with Crippen LogP contribution in [0.2, 0.25) is 0 Å². The Morgan fingerprint density at radius 3 is 2.62 bits per heavy atom. The molecule has 29 heavy (non-hydrogen) atoms. The van der Waals surface area contributed by atoms with E-state index in [0.717, 1.165) is 10.5 Å². The Balaban J connectivity index is 0.00000300. The first kappa shape index (κ1) is 22.4. The predicted molar refractivity (Wildman–Crippen MR) is 107 cm³/mol. The lowest BCUT2D eigenvalue weighted by atomic mass is 10.0. The van der Waals surface area contributed by atoms with Crippen LogP contribution < -0.4 is 10.1 Å². The number of nitrogens with one attached hydrogen (secondary N) is 1. The van der Waals surface area contributed by atoms with Gasteiger partial charge in [-0.1, -0.05) is 24.3 Å². The van der Waals surface area contributed by atoms with Crippen LogP contribution in [0, 0.1) is 0 Å². The van der Waals surface area contributed by atoms with Crippen molar-refractivity contribution in [1.29, 1.82) is 0 Å². The van der Waals surface area contributed by atoms with E-state index >= 15 is 0 Å². The van der Waals surface area contributed by atoms with Gasteiger partial charge in [-0.05, 0) is 6.07 Å². The lowest BCUT2D eigenvalue weighted by Crippen LogP contribution is -2.52. The van der Waals surface area contributed by atoms with Crippen LogP contribution in [0.1, 0.15) is 11.6 Å². The highest BCUT2D eigenvalue weighted by molar-refractivity contribution is 6.45. The third-order valence-corrected chi connectivity index (χ3v) is 4.80. The highest BCUT2D eigenvalue weighted by atomic mass is 35.5. The van der Waals surface area contributed by atoms with Gasteiger partial charge >= 0.3 is 17.8 Å². The minimum atomic E-state index is -0.996. The number of hydrogen-bond acceptors (Lipinski definition) is 6. The number of halogens is 1. The molecule has 0 aromatic heterocycles. The summed E-state index contributed by atoms with van der Waals surface area (Å²) < 4.78 is 5.40. The summed E-state index contributed by atoms with van der Waals surface area (Å²) in [5.41, 5.74) is 0.828. The molecule has 0 aliphatic carbocycles. The maximum Gasteiger partial charge on any atom is 0.335 e. The largest absolute Gasteiger partial charge is 0.496 e. The van der Waals surface area contributed by atoms with E-state index in [-0.39, 0.29) is 25.0 Å². The number of benzene rings is 1. The fraction of sp³-hybridized carbons (Fsp3) is 0.368. The van der Waals surface area contributed by atoms with E-state index < -0.39 is 30.3 Å². The number of nitrogens with zero attached hydrogens (tertiary/aromatic N) is 3. The highest BCUT2D eigenvalue weighted by Gasteiger charge is 2.45. The average molecular weight is 423 g/mol. The standard InChI is InChI=1S/C19H22N4O5.ClH/c1-3-9-22-17(25)18(26)23(19(22)27)12-16(24)21-10-8-20-11-14(21)13-6-4-5-7-15(13)28-2;/h3-7,14,20H,1,8-12H2,2H3;1H. The zero-order chi connectivity index (χ0) is 20.3. The number of carbonyl (C=O) groups excluding carboxylic acids is 4. The number of para-hydroxylation sites is 1. The second-order valence-electron chi connectivity index (χ2n) is 6.43. The first-order valence-corrected chi connectivity index (χ1v) is 8.91. The molecule has 3 rings (SSSR count). The average Bonchev–Trinajstić information content (AvgIpc) is 2.92. The maximum atomic E-state index is 13.0. The molecule has 1 N–H and O–H groups in total. The molecule has 1 unspecified atom stereocenters. The Morgan fingerprint density at radius 2 is 1.93 bits per heavy atom. The molecule has 1 aromatic carbocycles. The maximum absolute atomic E-state index is 13.0.